The van der Waals surface area contributed by atoms with Crippen LogP contribution in [0.25, 0.3) is 0 Å². The molecule has 420 valence electrons. The van der Waals surface area contributed by atoms with Gasteiger partial charge in [-0.2, -0.15) is 0 Å². The Bertz CT molecular complexity index is 1900. The fourth-order valence-corrected chi connectivity index (χ4v) is 15.7. The van der Waals surface area contributed by atoms with Crippen molar-refractivity contribution >= 4 is 0 Å². The van der Waals surface area contributed by atoms with E-state index in [-0.39, 0.29) is 54.0 Å². The van der Waals surface area contributed by atoms with E-state index < -0.39 is 172 Å². The first-order chi connectivity index (χ1) is 34.5. The van der Waals surface area contributed by atoms with Crippen LogP contribution in [0.1, 0.15) is 79.1 Å². The van der Waals surface area contributed by atoms with Gasteiger partial charge in [-0.3, -0.25) is 0 Å². The van der Waals surface area contributed by atoms with Crippen LogP contribution in [-0.4, -0.2) is 251 Å². The molecule has 0 aromatic heterocycles. The van der Waals surface area contributed by atoms with Crippen LogP contribution in [0.15, 0.2) is 0 Å². The normalized spacial score (nSPS) is 59.3. The Kier molecular flexibility index (Phi) is 15.6. The standard InChI is InChI=1S/C49H80O24/c1-18-5-8-49(66-15-18)19(2)31-26(73-49)10-22-20-9-30(55)48(63)12-27(23(52)11-47(48,4)21(20)6-7-46(22,31)3)67-43-38(62)35(59)40(29(14-51)69-43)71-45-41(72-44-37(61)34(58)33(57)28(13-50)68-44)39(25(54)17-65-45)70-42-36(60)32(56)24(53)16-64-42/h18-45,50-63H,5-17H2,1-4H3/t18-,19+,20-,21?,22?,23-,24-,25-,26+,27-,28?,29?,30-,31+,32?,33+,34?,35?,36?,37?,38?,39?,40+,41?,42+,43+,44+,45+,46+,47-,48+,49-/m1/s1. The molecule has 24 heteroatoms. The van der Waals surface area contributed by atoms with E-state index in [0.717, 1.165) is 32.1 Å². The number of hydrogen-bond acceptors (Lipinski definition) is 24. The predicted molar refractivity (Wildman–Crippen MR) is 240 cm³/mol. The topological polar surface area (TPSA) is 376 Å². The van der Waals surface area contributed by atoms with Gasteiger partial charge in [0.2, 0.25) is 0 Å². The first kappa shape index (κ1) is 55.4. The predicted octanol–water partition coefficient (Wildman–Crippen LogP) is -4.57. The number of aliphatic hydroxyl groups is 14. The average molecular weight is 1050 g/mol. The van der Waals surface area contributed by atoms with Crippen LogP contribution in [0.5, 0.6) is 0 Å². The lowest BCUT2D eigenvalue weighted by Crippen LogP contribution is -2.71. The van der Waals surface area contributed by atoms with Crippen LogP contribution < -0.4 is 0 Å². The summed E-state index contributed by atoms with van der Waals surface area (Å²) in [6.45, 7) is 6.62. The molecule has 10 rings (SSSR count). The van der Waals surface area contributed by atoms with E-state index in [1.165, 1.54) is 0 Å². The maximum absolute atomic E-state index is 12.8. The second-order valence-electron chi connectivity index (χ2n) is 23.9. The van der Waals surface area contributed by atoms with Crippen molar-refractivity contribution in [2.24, 2.45) is 46.3 Å². The first-order valence-electron chi connectivity index (χ1n) is 26.4. The van der Waals surface area contributed by atoms with Crippen molar-refractivity contribution in [2.75, 3.05) is 33.0 Å². The second-order valence-corrected chi connectivity index (χ2v) is 23.9. The fourth-order valence-electron chi connectivity index (χ4n) is 15.7. The van der Waals surface area contributed by atoms with E-state index in [1.54, 1.807) is 0 Å². The summed E-state index contributed by atoms with van der Waals surface area (Å²) in [7, 11) is 0. The molecule has 0 radical (unpaired) electrons. The largest absolute Gasteiger partial charge is 0.394 e. The average Bonchev–Trinajstić information content (AvgIpc) is 3.81. The number of rotatable bonds is 10. The van der Waals surface area contributed by atoms with Crippen molar-refractivity contribution in [3.63, 3.8) is 0 Å². The van der Waals surface area contributed by atoms with Gasteiger partial charge in [-0.25, -0.2) is 0 Å². The lowest BCUT2D eigenvalue weighted by Gasteiger charge is -2.66. The highest BCUT2D eigenvalue weighted by molar-refractivity contribution is 5.21. The molecule has 10 aliphatic rings. The summed E-state index contributed by atoms with van der Waals surface area (Å²) in [5.41, 5.74) is -2.77. The zero-order valence-electron chi connectivity index (χ0n) is 41.7. The summed E-state index contributed by atoms with van der Waals surface area (Å²) in [4.78, 5) is 0. The maximum Gasteiger partial charge on any atom is 0.187 e. The lowest BCUT2D eigenvalue weighted by molar-refractivity contribution is -0.395. The molecule has 32 atom stereocenters. The zero-order chi connectivity index (χ0) is 52.4. The van der Waals surface area contributed by atoms with Crippen LogP contribution in [0, 0.1) is 46.3 Å². The summed E-state index contributed by atoms with van der Waals surface area (Å²) < 4.78 is 60.4. The molecule has 24 nitrogen and oxygen atoms in total. The Balaban J connectivity index is 0.830. The Hall–Kier alpha value is -0.960. The summed E-state index contributed by atoms with van der Waals surface area (Å²) in [6, 6.07) is 0. The Morgan fingerprint density at radius 2 is 1.19 bits per heavy atom. The van der Waals surface area contributed by atoms with Gasteiger partial charge < -0.3 is 119 Å². The highest BCUT2D eigenvalue weighted by Crippen LogP contribution is 2.72. The zero-order valence-corrected chi connectivity index (χ0v) is 41.7. The molecule has 6 heterocycles. The minimum absolute atomic E-state index is 0.0201. The van der Waals surface area contributed by atoms with Crippen LogP contribution in [0.3, 0.4) is 0 Å². The van der Waals surface area contributed by atoms with Gasteiger partial charge >= 0.3 is 0 Å². The monoisotopic (exact) mass is 1050 g/mol. The quantitative estimate of drug-likeness (QED) is 0.0916. The maximum atomic E-state index is 12.8. The molecule has 6 saturated heterocycles. The molecule has 0 aromatic carbocycles. The van der Waals surface area contributed by atoms with Crippen LogP contribution in [0.4, 0.5) is 0 Å². The van der Waals surface area contributed by atoms with Crippen molar-refractivity contribution in [3.05, 3.63) is 0 Å². The van der Waals surface area contributed by atoms with Crippen molar-refractivity contribution in [2.45, 2.75) is 225 Å². The van der Waals surface area contributed by atoms with Gasteiger partial charge in [0.25, 0.3) is 0 Å². The minimum atomic E-state index is -2.00. The lowest BCUT2D eigenvalue weighted by atomic mass is 9.42. The van der Waals surface area contributed by atoms with Gasteiger partial charge in [0, 0.05) is 24.2 Å². The van der Waals surface area contributed by atoms with E-state index >= 15 is 0 Å². The van der Waals surface area contributed by atoms with E-state index in [4.69, 9.17) is 47.4 Å². The SMILES string of the molecule is C[C@@H]1CC[C@@]2(OC1)O[C@H]1CC3[C@@H]4C[C@@H](O)[C@@]5(O)C[C@@H](O[C@H]6OC(CO)[C@H](O[C@@H]7OC[C@@H](O)C(O[C@@H]8OC[C@@H](O)C(O)C8O)C7O[C@@H]7OC(CO)[C@H](O)C(O)C7O)C(O)C6O)[C@H](O)C[C@]5(C)C4CC[C@]3(C)[C@H]1[C@@H]2C. The summed E-state index contributed by atoms with van der Waals surface area (Å²) in [5, 5.41) is 155. The molecule has 0 amide bonds. The summed E-state index contributed by atoms with van der Waals surface area (Å²) >= 11 is 0. The van der Waals surface area contributed by atoms with Gasteiger partial charge in [-0.15, -0.1) is 0 Å². The molecular weight excluding hydrogens is 973 g/mol. The number of aliphatic hydroxyl groups excluding tert-OH is 13. The first-order valence-corrected chi connectivity index (χ1v) is 26.4. The van der Waals surface area contributed by atoms with E-state index in [2.05, 4.69) is 20.8 Å². The fraction of sp³-hybridized carbons (Fsp3) is 1.00. The van der Waals surface area contributed by atoms with Crippen LogP contribution in [0.2, 0.25) is 0 Å². The highest BCUT2D eigenvalue weighted by atomic mass is 16.8. The van der Waals surface area contributed by atoms with E-state index in [0.29, 0.717) is 18.9 Å². The molecule has 10 fully saturated rings. The molecule has 14 N–H and O–H groups in total. The van der Waals surface area contributed by atoms with Gasteiger partial charge in [-0.1, -0.05) is 27.7 Å². The summed E-state index contributed by atoms with van der Waals surface area (Å²) in [5.74, 6) is 0.581. The molecule has 0 bridgehead atoms. The number of hydrogen-bond donors (Lipinski definition) is 14. The van der Waals surface area contributed by atoms with Crippen LogP contribution >= 0.6 is 0 Å². The van der Waals surface area contributed by atoms with Crippen LogP contribution in [-0.2, 0) is 47.4 Å². The Morgan fingerprint density at radius 3 is 1.89 bits per heavy atom. The van der Waals surface area contributed by atoms with Gasteiger partial charge in [0.15, 0.2) is 30.9 Å². The van der Waals surface area contributed by atoms with Crippen molar-refractivity contribution < 1.29 is 119 Å². The molecule has 6 aliphatic heterocycles. The third-order valence-corrected chi connectivity index (χ3v) is 19.8. The Labute approximate surface area is 422 Å². The van der Waals surface area contributed by atoms with E-state index in [9.17, 15) is 71.5 Å². The van der Waals surface area contributed by atoms with Gasteiger partial charge in [-0.05, 0) is 73.5 Å². The van der Waals surface area contributed by atoms with E-state index in [1.807, 2.05) is 6.92 Å². The molecule has 4 saturated carbocycles. The molecule has 12 unspecified atom stereocenters. The second kappa shape index (κ2) is 20.6. The number of ether oxygens (including phenoxy) is 10. The van der Waals surface area contributed by atoms with Crippen molar-refractivity contribution in [1.29, 1.82) is 0 Å². The smallest absolute Gasteiger partial charge is 0.187 e. The number of fused-ring (bicyclic) bond motifs is 7. The van der Waals surface area contributed by atoms with Crippen molar-refractivity contribution in [3.8, 4) is 0 Å². The molecular formula is C49H80O24. The minimum Gasteiger partial charge on any atom is -0.394 e. The summed E-state index contributed by atoms with van der Waals surface area (Å²) in [6.07, 6.45) is -30.9. The molecule has 1 spiro atoms. The molecule has 73 heavy (non-hydrogen) atoms. The van der Waals surface area contributed by atoms with Gasteiger partial charge in [0.05, 0.1) is 63.1 Å². The van der Waals surface area contributed by atoms with Gasteiger partial charge in [0.1, 0.15) is 85.5 Å². The van der Waals surface area contributed by atoms with Crippen molar-refractivity contribution in [1.82, 2.24) is 0 Å². The molecule has 4 aliphatic carbocycles. The third kappa shape index (κ3) is 9.09. The Morgan fingerprint density at radius 1 is 0.562 bits per heavy atom. The molecule has 0 aromatic rings. The highest BCUT2D eigenvalue weighted by Gasteiger charge is 2.73. The third-order valence-electron chi connectivity index (χ3n) is 19.8.